The summed E-state index contributed by atoms with van der Waals surface area (Å²) in [6.07, 6.45) is 20.6. The molecule has 0 heterocycles. The van der Waals surface area contributed by atoms with E-state index in [4.69, 9.17) is 0 Å². The van der Waals surface area contributed by atoms with Gasteiger partial charge in [-0.1, -0.05) is 127 Å². The topological polar surface area (TPSA) is 57.2 Å². The van der Waals surface area contributed by atoms with Gasteiger partial charge in [0.1, 0.15) is 10.1 Å². The first-order valence-corrected chi connectivity index (χ1v) is 16.8. The molecule has 0 aromatic heterocycles. The normalized spacial score (nSPS) is 20.1. The van der Waals surface area contributed by atoms with Crippen molar-refractivity contribution in [2.24, 2.45) is 0 Å². The van der Waals surface area contributed by atoms with Gasteiger partial charge in [-0.2, -0.15) is 0 Å². The summed E-state index contributed by atoms with van der Waals surface area (Å²) < 4.78 is 34.5. The number of hydrogen-bond donors (Lipinski definition) is 0. The summed E-state index contributed by atoms with van der Waals surface area (Å²) in [6, 6.07) is 2.42. The highest BCUT2D eigenvalue weighted by Gasteiger charge is 2.35. The van der Waals surface area contributed by atoms with E-state index < -0.39 is 22.9 Å². The van der Waals surface area contributed by atoms with Crippen molar-refractivity contribution in [2.45, 2.75) is 127 Å². The van der Waals surface area contributed by atoms with Gasteiger partial charge in [0.25, 0.3) is 0 Å². The summed E-state index contributed by atoms with van der Waals surface area (Å²) >= 11 is 0. The highest BCUT2D eigenvalue weighted by molar-refractivity contribution is 7.87. The van der Waals surface area contributed by atoms with E-state index in [0.717, 1.165) is 18.0 Å². The van der Waals surface area contributed by atoms with Crippen molar-refractivity contribution in [1.82, 2.24) is 0 Å². The van der Waals surface area contributed by atoms with Crippen LogP contribution in [0.1, 0.15) is 97.3 Å². The lowest BCUT2D eigenvalue weighted by atomic mass is 9.92. The molecule has 1 rings (SSSR count). The molecule has 0 aliphatic heterocycles. The van der Waals surface area contributed by atoms with Crippen LogP contribution >= 0.6 is 0 Å². The van der Waals surface area contributed by atoms with Gasteiger partial charge in [0, 0.05) is 8.07 Å². The summed E-state index contributed by atoms with van der Waals surface area (Å²) in [6.45, 7) is 9.04. The van der Waals surface area contributed by atoms with Crippen LogP contribution in [0.15, 0.2) is 23.8 Å². The van der Waals surface area contributed by atoms with E-state index in [9.17, 15) is 13.0 Å². The van der Waals surface area contributed by atoms with Gasteiger partial charge in [-0.15, -0.1) is 0 Å². The summed E-state index contributed by atoms with van der Waals surface area (Å²) in [5.74, 6) is 0. The predicted octanol–water partition coefficient (Wildman–Crippen LogP) is 7.59. The van der Waals surface area contributed by atoms with E-state index in [2.05, 4.69) is 20.0 Å². The Hall–Kier alpha value is -0.393. The van der Waals surface area contributed by atoms with Crippen LogP contribution in [0.5, 0.6) is 0 Å². The van der Waals surface area contributed by atoms with E-state index in [-0.39, 0.29) is 0 Å². The molecule has 5 heteroatoms. The fourth-order valence-corrected chi connectivity index (χ4v) is 7.84. The molecule has 3 nitrogen and oxygen atoms in total. The summed E-state index contributed by atoms with van der Waals surface area (Å²) in [7, 11) is -5.65. The molecule has 0 spiro atoms. The second-order valence-corrected chi connectivity index (χ2v) is 17.0. The predicted molar refractivity (Wildman–Crippen MR) is 128 cm³/mol. The van der Waals surface area contributed by atoms with Crippen molar-refractivity contribution in [1.29, 1.82) is 0 Å². The lowest BCUT2D eigenvalue weighted by molar-refractivity contribution is 0.417. The molecular weight excluding hydrogens is 396 g/mol. The SMILES string of the molecule is CCCCCCCCCCCC[Si](C)(C)CCCC1(S(=O)(=O)[O-])C=CC(C)=CC1. The zero-order valence-electron chi connectivity index (χ0n) is 19.5. The molecule has 0 aromatic carbocycles. The molecule has 0 saturated heterocycles. The number of hydrogen-bond acceptors (Lipinski definition) is 3. The molecule has 0 N–H and O–H groups in total. The lowest BCUT2D eigenvalue weighted by Gasteiger charge is -2.35. The van der Waals surface area contributed by atoms with E-state index in [1.807, 2.05) is 13.0 Å². The van der Waals surface area contributed by atoms with Gasteiger partial charge in [-0.3, -0.25) is 0 Å². The first-order chi connectivity index (χ1) is 13.6. The van der Waals surface area contributed by atoms with Gasteiger partial charge in [0.05, 0.1) is 4.75 Å². The van der Waals surface area contributed by atoms with Crippen molar-refractivity contribution in [3.05, 3.63) is 23.8 Å². The van der Waals surface area contributed by atoms with Gasteiger partial charge in [0.2, 0.25) is 0 Å². The molecule has 1 unspecified atom stereocenters. The largest absolute Gasteiger partial charge is 0.747 e. The Kier molecular flexibility index (Phi) is 12.0. The third kappa shape index (κ3) is 10.5. The standard InChI is InChI=1S/C24H46O3SSi/c1-5-6-7-8-9-10-11-12-13-14-21-29(3,4)22-15-18-24(28(25,26)27)19-16-23(2)17-20-24/h16-17,19H,5-15,18,20-22H2,1-4H3,(H,25,26,27)/p-1. The van der Waals surface area contributed by atoms with Crippen molar-refractivity contribution < 1.29 is 13.0 Å². The maximum absolute atomic E-state index is 11.9. The van der Waals surface area contributed by atoms with E-state index in [0.29, 0.717) is 12.8 Å². The number of allylic oxidation sites excluding steroid dienone is 3. The first kappa shape index (κ1) is 26.6. The molecule has 0 amide bonds. The van der Waals surface area contributed by atoms with Crippen LogP contribution in [-0.2, 0) is 10.1 Å². The Balaban J connectivity index is 2.24. The minimum atomic E-state index is -4.33. The van der Waals surface area contributed by atoms with E-state index in [1.54, 1.807) is 12.2 Å². The molecule has 1 aliphatic carbocycles. The lowest BCUT2D eigenvalue weighted by Crippen LogP contribution is -2.38. The van der Waals surface area contributed by atoms with Gasteiger partial charge < -0.3 is 4.55 Å². The molecule has 0 saturated carbocycles. The minimum absolute atomic E-state index is 0.335. The quantitative estimate of drug-likeness (QED) is 0.141. The van der Waals surface area contributed by atoms with Crippen LogP contribution in [0.25, 0.3) is 0 Å². The van der Waals surface area contributed by atoms with Gasteiger partial charge in [-0.25, -0.2) is 8.42 Å². The Labute approximate surface area is 182 Å². The molecule has 170 valence electrons. The second-order valence-electron chi connectivity index (χ2n) is 9.95. The van der Waals surface area contributed by atoms with Crippen LogP contribution in [-0.4, -0.2) is 25.8 Å². The summed E-state index contributed by atoms with van der Waals surface area (Å²) in [5.41, 5.74) is 1.04. The van der Waals surface area contributed by atoms with Crippen LogP contribution in [0.2, 0.25) is 25.2 Å². The maximum Gasteiger partial charge on any atom is 0.104 e. The molecule has 0 aromatic rings. The van der Waals surface area contributed by atoms with Crippen molar-refractivity contribution >= 4 is 18.2 Å². The minimum Gasteiger partial charge on any atom is -0.747 e. The fraction of sp³-hybridized carbons (Fsp3) is 0.833. The van der Waals surface area contributed by atoms with Crippen LogP contribution in [0.3, 0.4) is 0 Å². The molecular formula is C24H45O3SSi-. The van der Waals surface area contributed by atoms with E-state index >= 15 is 0 Å². The molecule has 1 aliphatic rings. The zero-order chi connectivity index (χ0) is 21.8. The number of rotatable bonds is 16. The average molecular weight is 442 g/mol. The molecule has 29 heavy (non-hydrogen) atoms. The fourth-order valence-electron chi connectivity index (χ4n) is 4.33. The molecule has 1 atom stereocenters. The smallest absolute Gasteiger partial charge is 0.104 e. The molecule has 0 radical (unpaired) electrons. The molecule has 0 bridgehead atoms. The van der Waals surface area contributed by atoms with E-state index in [1.165, 1.54) is 70.3 Å². The highest BCUT2D eigenvalue weighted by atomic mass is 32.2. The van der Waals surface area contributed by atoms with Crippen LogP contribution in [0.4, 0.5) is 0 Å². The van der Waals surface area contributed by atoms with Gasteiger partial charge in [0.15, 0.2) is 0 Å². The Morgan fingerprint density at radius 3 is 1.93 bits per heavy atom. The number of unbranched alkanes of at least 4 members (excludes halogenated alkanes) is 9. The monoisotopic (exact) mass is 441 g/mol. The Morgan fingerprint density at radius 1 is 0.931 bits per heavy atom. The van der Waals surface area contributed by atoms with Gasteiger partial charge in [-0.05, 0) is 19.8 Å². The van der Waals surface area contributed by atoms with Gasteiger partial charge >= 0.3 is 0 Å². The van der Waals surface area contributed by atoms with Crippen molar-refractivity contribution in [3.8, 4) is 0 Å². The first-order valence-electron chi connectivity index (χ1n) is 11.9. The molecule has 0 fully saturated rings. The van der Waals surface area contributed by atoms with Crippen molar-refractivity contribution in [2.75, 3.05) is 0 Å². The third-order valence-corrected chi connectivity index (χ3v) is 11.5. The second kappa shape index (κ2) is 13.1. The third-order valence-electron chi connectivity index (χ3n) is 6.58. The van der Waals surface area contributed by atoms with Crippen LogP contribution < -0.4 is 0 Å². The summed E-state index contributed by atoms with van der Waals surface area (Å²) in [5, 5.41) is 0. The Bertz CT molecular complexity index is 622. The highest BCUT2D eigenvalue weighted by Crippen LogP contribution is 2.35. The average Bonchev–Trinajstić information content (AvgIpc) is 2.64. The van der Waals surface area contributed by atoms with Crippen molar-refractivity contribution in [3.63, 3.8) is 0 Å². The Morgan fingerprint density at radius 2 is 1.45 bits per heavy atom. The zero-order valence-corrected chi connectivity index (χ0v) is 21.3. The summed E-state index contributed by atoms with van der Waals surface area (Å²) in [4.78, 5) is 0. The van der Waals surface area contributed by atoms with Crippen LogP contribution in [0, 0.1) is 0 Å². The maximum atomic E-state index is 11.9.